The van der Waals surface area contributed by atoms with Crippen molar-refractivity contribution in [1.29, 1.82) is 0 Å². The molecule has 1 aliphatic carbocycles. The number of hydrogen-bond acceptors (Lipinski definition) is 2. The molecule has 1 heterocycles. The summed E-state index contributed by atoms with van der Waals surface area (Å²) in [5.74, 6) is 1.23. The zero-order chi connectivity index (χ0) is 11.4. The van der Waals surface area contributed by atoms with E-state index in [4.69, 9.17) is 4.99 Å². The minimum atomic E-state index is 0.538. The molecule has 0 aromatic carbocycles. The average Bonchev–Trinajstić information content (AvgIpc) is 2.76. The second-order valence-corrected chi connectivity index (χ2v) is 6.45. The highest BCUT2D eigenvalue weighted by atomic mass is 32.2. The van der Waals surface area contributed by atoms with Gasteiger partial charge in [-0.05, 0) is 38.0 Å². The Morgan fingerprint density at radius 1 is 1.44 bits per heavy atom. The summed E-state index contributed by atoms with van der Waals surface area (Å²) in [4.78, 5) is 4.83. The van der Waals surface area contributed by atoms with Crippen molar-refractivity contribution in [3.8, 4) is 0 Å². The molecule has 0 bridgehead atoms. The number of amidine groups is 1. The van der Waals surface area contributed by atoms with E-state index in [-0.39, 0.29) is 0 Å². The fourth-order valence-corrected chi connectivity index (χ4v) is 3.84. The molecule has 0 spiro atoms. The van der Waals surface area contributed by atoms with E-state index in [9.17, 15) is 0 Å². The van der Waals surface area contributed by atoms with Gasteiger partial charge in [0.15, 0.2) is 5.17 Å². The highest BCUT2D eigenvalue weighted by Gasteiger charge is 2.31. The first kappa shape index (κ1) is 12.3. The molecule has 0 radical (unpaired) electrons. The molecule has 1 aliphatic heterocycles. The lowest BCUT2D eigenvalue weighted by molar-refractivity contribution is 0.297. The highest BCUT2D eigenvalue weighted by molar-refractivity contribution is 8.13. The van der Waals surface area contributed by atoms with Gasteiger partial charge in [0.05, 0.1) is 0 Å². The lowest BCUT2D eigenvalue weighted by Crippen LogP contribution is -2.36. The molecule has 0 aromatic heterocycles. The Kier molecular flexibility index (Phi) is 4.17. The van der Waals surface area contributed by atoms with Gasteiger partial charge in [0.25, 0.3) is 0 Å². The first-order chi connectivity index (χ1) is 7.74. The maximum Gasteiger partial charge on any atom is 0.156 e. The lowest BCUT2D eigenvalue weighted by atomic mass is 9.84. The van der Waals surface area contributed by atoms with Gasteiger partial charge in [-0.3, -0.25) is 4.99 Å². The Morgan fingerprint density at radius 2 is 2.19 bits per heavy atom. The molecule has 2 fully saturated rings. The van der Waals surface area contributed by atoms with Crippen LogP contribution in [0.1, 0.15) is 52.4 Å². The number of rotatable bonds is 3. The molecule has 2 rings (SSSR count). The summed E-state index contributed by atoms with van der Waals surface area (Å²) in [6, 6.07) is 0.612. The molecule has 2 aliphatic rings. The summed E-state index contributed by atoms with van der Waals surface area (Å²) in [5, 5.41) is 4.69. The third-order valence-corrected chi connectivity index (χ3v) is 5.09. The van der Waals surface area contributed by atoms with Crippen molar-refractivity contribution in [3.63, 3.8) is 0 Å². The van der Waals surface area contributed by atoms with Crippen LogP contribution in [0.5, 0.6) is 0 Å². The van der Waals surface area contributed by atoms with Crippen LogP contribution >= 0.6 is 11.8 Å². The van der Waals surface area contributed by atoms with E-state index in [0.29, 0.717) is 11.5 Å². The van der Waals surface area contributed by atoms with Gasteiger partial charge >= 0.3 is 0 Å². The quantitative estimate of drug-likeness (QED) is 0.817. The zero-order valence-electron chi connectivity index (χ0n) is 10.6. The monoisotopic (exact) mass is 240 g/mol. The van der Waals surface area contributed by atoms with Crippen LogP contribution in [0.2, 0.25) is 0 Å². The van der Waals surface area contributed by atoms with Crippen molar-refractivity contribution in [2.75, 3.05) is 12.3 Å². The van der Waals surface area contributed by atoms with Crippen LogP contribution in [-0.2, 0) is 0 Å². The van der Waals surface area contributed by atoms with Crippen LogP contribution in [0.3, 0.4) is 0 Å². The van der Waals surface area contributed by atoms with Gasteiger partial charge in [-0.2, -0.15) is 0 Å². The first-order valence-corrected chi connectivity index (χ1v) is 7.66. The SMILES string of the molecule is CCC1(CN=C2NC(C)CCS2)CCCC1. The van der Waals surface area contributed by atoms with E-state index < -0.39 is 0 Å². The Hall–Kier alpha value is -0.180. The zero-order valence-corrected chi connectivity index (χ0v) is 11.4. The Labute approximate surface area is 104 Å². The number of nitrogens with one attached hydrogen (secondary N) is 1. The molecular formula is C13H24N2S. The molecule has 16 heavy (non-hydrogen) atoms. The minimum Gasteiger partial charge on any atom is -0.362 e. The molecular weight excluding hydrogens is 216 g/mol. The molecule has 1 saturated heterocycles. The van der Waals surface area contributed by atoms with Gasteiger partial charge in [0.2, 0.25) is 0 Å². The topological polar surface area (TPSA) is 24.4 Å². The molecule has 0 amide bonds. The van der Waals surface area contributed by atoms with Crippen molar-refractivity contribution in [1.82, 2.24) is 5.32 Å². The van der Waals surface area contributed by atoms with Crippen molar-refractivity contribution < 1.29 is 0 Å². The van der Waals surface area contributed by atoms with Crippen molar-refractivity contribution in [2.24, 2.45) is 10.4 Å². The van der Waals surface area contributed by atoms with Crippen LogP contribution in [-0.4, -0.2) is 23.5 Å². The second-order valence-electron chi connectivity index (χ2n) is 5.36. The van der Waals surface area contributed by atoms with Crippen LogP contribution in [0.15, 0.2) is 4.99 Å². The third-order valence-electron chi connectivity index (χ3n) is 4.13. The summed E-state index contributed by atoms with van der Waals surface area (Å²) in [5.41, 5.74) is 0.538. The molecule has 92 valence electrons. The molecule has 3 heteroatoms. The highest BCUT2D eigenvalue weighted by Crippen LogP contribution is 2.41. The molecule has 0 aromatic rings. The molecule has 2 nitrogen and oxygen atoms in total. The average molecular weight is 240 g/mol. The summed E-state index contributed by atoms with van der Waals surface area (Å²) in [6.45, 7) is 5.63. The van der Waals surface area contributed by atoms with E-state index in [0.717, 1.165) is 6.54 Å². The number of hydrogen-bond donors (Lipinski definition) is 1. The van der Waals surface area contributed by atoms with Gasteiger partial charge in [0, 0.05) is 18.3 Å². The Bertz CT molecular complexity index is 257. The number of aliphatic imine (C=N–C) groups is 1. The second kappa shape index (κ2) is 5.44. The van der Waals surface area contributed by atoms with Crippen LogP contribution < -0.4 is 5.32 Å². The van der Waals surface area contributed by atoms with Crippen molar-refractivity contribution in [2.45, 2.75) is 58.4 Å². The van der Waals surface area contributed by atoms with Gasteiger partial charge in [-0.15, -0.1) is 0 Å². The molecule has 1 saturated carbocycles. The third kappa shape index (κ3) is 2.93. The predicted octanol–water partition coefficient (Wildman–Crippen LogP) is 3.43. The van der Waals surface area contributed by atoms with Gasteiger partial charge in [0.1, 0.15) is 0 Å². The number of nitrogens with zero attached hydrogens (tertiary/aromatic N) is 1. The lowest BCUT2D eigenvalue weighted by Gasteiger charge is -2.27. The summed E-state index contributed by atoms with van der Waals surface area (Å²) < 4.78 is 0. The fraction of sp³-hybridized carbons (Fsp3) is 0.923. The van der Waals surface area contributed by atoms with E-state index in [1.54, 1.807) is 0 Å². The van der Waals surface area contributed by atoms with E-state index >= 15 is 0 Å². The summed E-state index contributed by atoms with van der Waals surface area (Å²) >= 11 is 1.90. The van der Waals surface area contributed by atoms with E-state index in [2.05, 4.69) is 19.2 Å². The smallest absolute Gasteiger partial charge is 0.156 e. The van der Waals surface area contributed by atoms with Crippen LogP contribution in [0.4, 0.5) is 0 Å². The van der Waals surface area contributed by atoms with Crippen molar-refractivity contribution >= 4 is 16.9 Å². The van der Waals surface area contributed by atoms with E-state index in [1.807, 2.05) is 11.8 Å². The Morgan fingerprint density at radius 3 is 2.81 bits per heavy atom. The standard InChI is InChI=1S/C13H24N2S/c1-3-13(7-4-5-8-13)10-14-12-15-11(2)6-9-16-12/h11H,3-10H2,1-2H3,(H,14,15). The number of thioether (sulfide) groups is 1. The summed E-state index contributed by atoms with van der Waals surface area (Å²) in [6.07, 6.45) is 8.17. The van der Waals surface area contributed by atoms with Crippen molar-refractivity contribution in [3.05, 3.63) is 0 Å². The maximum absolute atomic E-state index is 4.83. The Balaban J connectivity index is 1.91. The summed E-state index contributed by atoms with van der Waals surface area (Å²) in [7, 11) is 0. The normalized spacial score (nSPS) is 31.6. The largest absolute Gasteiger partial charge is 0.362 e. The molecule has 1 N–H and O–H groups in total. The van der Waals surface area contributed by atoms with Crippen LogP contribution in [0.25, 0.3) is 0 Å². The minimum absolute atomic E-state index is 0.538. The van der Waals surface area contributed by atoms with Crippen LogP contribution in [0, 0.1) is 5.41 Å². The first-order valence-electron chi connectivity index (χ1n) is 6.68. The van der Waals surface area contributed by atoms with Gasteiger partial charge < -0.3 is 5.32 Å². The maximum atomic E-state index is 4.83. The van der Waals surface area contributed by atoms with Gasteiger partial charge in [-0.1, -0.05) is 31.5 Å². The van der Waals surface area contributed by atoms with Gasteiger partial charge in [-0.25, -0.2) is 0 Å². The fourth-order valence-electron chi connectivity index (χ4n) is 2.74. The van der Waals surface area contributed by atoms with E-state index in [1.165, 1.54) is 49.4 Å². The molecule has 1 atom stereocenters. The molecule has 1 unspecified atom stereocenters. The predicted molar refractivity (Wildman–Crippen MR) is 73.2 cm³/mol.